The zero-order valence-electron chi connectivity index (χ0n) is 14.1. The van der Waals surface area contributed by atoms with E-state index in [4.69, 9.17) is 4.84 Å². The average Bonchev–Trinajstić information content (AvgIpc) is 2.87. The molecule has 1 heterocycles. The maximum absolute atomic E-state index is 15.1. The van der Waals surface area contributed by atoms with Gasteiger partial charge in [0.1, 0.15) is 22.8 Å². The van der Waals surface area contributed by atoms with Gasteiger partial charge in [0.25, 0.3) is 5.91 Å². The number of carbonyl (C=O) groups is 1. The lowest BCUT2D eigenvalue weighted by molar-refractivity contribution is -0.113. The molecule has 1 aliphatic heterocycles. The molecule has 0 N–H and O–H groups in total. The fraction of sp³-hybridized carbons (Fsp3) is 0.375. The molecule has 0 saturated heterocycles. The first-order valence-electron chi connectivity index (χ1n) is 7.45. The summed E-state index contributed by atoms with van der Waals surface area (Å²) in [5, 5.41) is -2.04. The molecule has 1 unspecified atom stereocenters. The number of alkyl halides is 2. The van der Waals surface area contributed by atoms with Crippen molar-refractivity contribution in [3.63, 3.8) is 0 Å². The maximum atomic E-state index is 15.1. The molecule has 5 nitrogen and oxygen atoms in total. The van der Waals surface area contributed by atoms with Crippen molar-refractivity contribution >= 4 is 20.7 Å². The lowest BCUT2D eigenvalue weighted by Gasteiger charge is -2.22. The van der Waals surface area contributed by atoms with Gasteiger partial charge in [0, 0.05) is 12.5 Å². The van der Waals surface area contributed by atoms with Crippen molar-refractivity contribution in [1.29, 1.82) is 0 Å². The monoisotopic (exact) mass is 392 g/mol. The van der Waals surface area contributed by atoms with Gasteiger partial charge in [-0.05, 0) is 32.9 Å². The minimum absolute atomic E-state index is 0.357. The number of nitrogens with zero attached hydrogens (tertiary/aromatic N) is 2. The van der Waals surface area contributed by atoms with Crippen molar-refractivity contribution in [2.24, 2.45) is 9.52 Å². The molecule has 1 atom stereocenters. The Labute approximate surface area is 147 Å². The number of rotatable bonds is 3. The minimum atomic E-state index is -5.00. The van der Waals surface area contributed by atoms with Crippen LogP contribution in [0.5, 0.6) is 0 Å². The van der Waals surface area contributed by atoms with E-state index in [1.807, 2.05) is 0 Å². The Morgan fingerprint density at radius 3 is 2.38 bits per heavy atom. The van der Waals surface area contributed by atoms with E-state index in [1.54, 1.807) is 0 Å². The van der Waals surface area contributed by atoms with E-state index in [0.717, 1.165) is 12.1 Å². The van der Waals surface area contributed by atoms with Crippen LogP contribution in [-0.2, 0) is 24.6 Å². The van der Waals surface area contributed by atoms with Crippen LogP contribution < -0.4 is 0 Å². The van der Waals surface area contributed by atoms with Crippen LogP contribution in [0, 0.1) is 11.6 Å². The first-order valence-corrected chi connectivity index (χ1v) is 8.97. The van der Waals surface area contributed by atoms with Crippen molar-refractivity contribution < 1.29 is 31.4 Å². The summed E-state index contributed by atoms with van der Waals surface area (Å²) in [5.74, 6) is -4.48. The van der Waals surface area contributed by atoms with Gasteiger partial charge in [-0.2, -0.15) is 8.78 Å². The quantitative estimate of drug-likeness (QED) is 0.575. The topological polar surface area (TPSA) is 68.1 Å². The standard InChI is InChI=1S/C16H16F4N2O3S/c1-4-6-12(23)22-26(24,13-9-15(2,3)25-21-13)16(19,20)14-10(17)7-5-8-11(14)18/h4-8H,9H2,1-3H3/b6-4+. The molecule has 1 aromatic rings. The van der Waals surface area contributed by atoms with Crippen LogP contribution in [0.1, 0.15) is 32.8 Å². The molecule has 1 aliphatic rings. The molecule has 10 heteroatoms. The largest absolute Gasteiger partial charge is 0.389 e. The zero-order chi connectivity index (χ0) is 19.8. The number of allylic oxidation sites excluding steroid dienone is 1. The molecule has 26 heavy (non-hydrogen) atoms. The highest BCUT2D eigenvalue weighted by Gasteiger charge is 2.54. The molecular formula is C16H16F4N2O3S. The molecule has 0 saturated carbocycles. The van der Waals surface area contributed by atoms with Gasteiger partial charge < -0.3 is 4.84 Å². The van der Waals surface area contributed by atoms with Crippen LogP contribution in [0.2, 0.25) is 0 Å². The summed E-state index contributed by atoms with van der Waals surface area (Å²) < 4.78 is 74.3. The second kappa shape index (κ2) is 6.82. The summed E-state index contributed by atoms with van der Waals surface area (Å²) >= 11 is 0. The third kappa shape index (κ3) is 3.50. The van der Waals surface area contributed by atoms with Crippen molar-refractivity contribution in [2.45, 2.75) is 38.0 Å². The molecule has 0 radical (unpaired) electrons. The van der Waals surface area contributed by atoms with Gasteiger partial charge in [-0.3, -0.25) is 4.79 Å². The highest BCUT2D eigenvalue weighted by atomic mass is 32.2. The summed E-state index contributed by atoms with van der Waals surface area (Å²) in [6.07, 6.45) is 1.64. The van der Waals surface area contributed by atoms with E-state index < -0.39 is 48.7 Å². The normalized spacial score (nSPS) is 19.0. The summed E-state index contributed by atoms with van der Waals surface area (Å²) in [5.41, 5.74) is -2.82. The molecule has 0 aromatic heterocycles. The second-order valence-electron chi connectivity index (χ2n) is 6.08. The lowest BCUT2D eigenvalue weighted by atomic mass is 10.1. The number of benzene rings is 1. The van der Waals surface area contributed by atoms with E-state index in [-0.39, 0.29) is 6.42 Å². The summed E-state index contributed by atoms with van der Waals surface area (Å²) in [6.45, 7) is 4.39. The second-order valence-corrected chi connectivity index (χ2v) is 8.30. The van der Waals surface area contributed by atoms with Crippen LogP contribution in [0.15, 0.2) is 39.9 Å². The Hall–Kier alpha value is -2.23. The van der Waals surface area contributed by atoms with E-state index >= 15 is 8.78 Å². The Kier molecular flexibility index (Phi) is 5.27. The fourth-order valence-corrected chi connectivity index (χ4v) is 4.21. The maximum Gasteiger partial charge on any atom is 0.365 e. The fourth-order valence-electron chi connectivity index (χ4n) is 2.22. The van der Waals surface area contributed by atoms with Crippen LogP contribution in [-0.4, -0.2) is 20.8 Å². The van der Waals surface area contributed by atoms with E-state index in [1.165, 1.54) is 26.8 Å². The number of hydrogen-bond acceptors (Lipinski definition) is 4. The molecule has 0 fully saturated rings. The van der Waals surface area contributed by atoms with Gasteiger partial charge in [-0.25, -0.2) is 13.0 Å². The van der Waals surface area contributed by atoms with Crippen molar-refractivity contribution in [2.75, 3.05) is 0 Å². The van der Waals surface area contributed by atoms with Gasteiger partial charge in [-0.1, -0.05) is 17.3 Å². The van der Waals surface area contributed by atoms with Crippen LogP contribution in [0.4, 0.5) is 17.6 Å². The van der Waals surface area contributed by atoms with Gasteiger partial charge >= 0.3 is 5.25 Å². The predicted molar refractivity (Wildman–Crippen MR) is 87.9 cm³/mol. The highest BCUT2D eigenvalue weighted by molar-refractivity contribution is 8.09. The average molecular weight is 392 g/mol. The molecule has 0 aliphatic carbocycles. The lowest BCUT2D eigenvalue weighted by Crippen LogP contribution is -2.35. The summed E-state index contributed by atoms with van der Waals surface area (Å²) in [7, 11) is -5.00. The van der Waals surface area contributed by atoms with Crippen molar-refractivity contribution in [3.05, 3.63) is 47.5 Å². The molecular weight excluding hydrogens is 376 g/mol. The van der Waals surface area contributed by atoms with Crippen molar-refractivity contribution in [3.8, 4) is 0 Å². The summed E-state index contributed by atoms with van der Waals surface area (Å²) in [6, 6.07) is 2.07. The Balaban J connectivity index is 2.77. The van der Waals surface area contributed by atoms with E-state index in [0.29, 0.717) is 12.1 Å². The molecule has 142 valence electrons. The van der Waals surface area contributed by atoms with Gasteiger partial charge in [0.05, 0.1) is 0 Å². The Bertz CT molecular complexity index is 896. The number of carbonyl (C=O) groups excluding carboxylic acids is 1. The molecule has 1 amide bonds. The molecule has 0 spiro atoms. The highest BCUT2D eigenvalue weighted by Crippen LogP contribution is 2.42. The molecule has 2 rings (SSSR count). The number of hydrogen-bond donors (Lipinski definition) is 0. The molecule has 0 bridgehead atoms. The van der Waals surface area contributed by atoms with Gasteiger partial charge in [0.2, 0.25) is 0 Å². The number of amides is 1. The predicted octanol–water partition coefficient (Wildman–Crippen LogP) is 4.10. The van der Waals surface area contributed by atoms with Gasteiger partial charge in [-0.15, -0.1) is 4.36 Å². The number of halogens is 4. The van der Waals surface area contributed by atoms with Crippen LogP contribution >= 0.6 is 0 Å². The first kappa shape index (κ1) is 20.1. The molecule has 1 aromatic carbocycles. The smallest absolute Gasteiger partial charge is 0.365 e. The third-order valence-corrected chi connectivity index (χ3v) is 5.61. The van der Waals surface area contributed by atoms with E-state index in [2.05, 4.69) is 9.52 Å². The number of oxime groups is 1. The van der Waals surface area contributed by atoms with Crippen LogP contribution in [0.3, 0.4) is 0 Å². The Morgan fingerprint density at radius 1 is 1.35 bits per heavy atom. The summed E-state index contributed by atoms with van der Waals surface area (Å²) in [4.78, 5) is 16.7. The Morgan fingerprint density at radius 2 is 1.92 bits per heavy atom. The minimum Gasteiger partial charge on any atom is -0.389 e. The van der Waals surface area contributed by atoms with E-state index in [9.17, 15) is 17.8 Å². The van der Waals surface area contributed by atoms with Crippen molar-refractivity contribution in [1.82, 2.24) is 0 Å². The third-order valence-electron chi connectivity index (χ3n) is 3.42. The first-order chi connectivity index (χ1) is 11.9. The van der Waals surface area contributed by atoms with Gasteiger partial charge in [0.15, 0.2) is 14.8 Å². The zero-order valence-corrected chi connectivity index (χ0v) is 14.9. The SMILES string of the molecule is C/C=C/C(=O)N=S(=O)(C1=NOC(C)(C)C1)C(F)(F)c1c(F)cccc1F. The van der Waals surface area contributed by atoms with Crippen LogP contribution in [0.25, 0.3) is 0 Å².